The highest BCUT2D eigenvalue weighted by molar-refractivity contribution is 5.66. The Morgan fingerprint density at radius 2 is 1.26 bits per heavy atom. The third-order valence-corrected chi connectivity index (χ3v) is 4.40. The molecule has 0 radical (unpaired) electrons. The van der Waals surface area contributed by atoms with Gasteiger partial charge in [0, 0.05) is 6.42 Å². The first-order valence-electron chi connectivity index (χ1n) is 10.8. The second kappa shape index (κ2) is 23.1. The van der Waals surface area contributed by atoms with E-state index in [9.17, 15) is 4.79 Å². The second-order valence-electron chi connectivity index (χ2n) is 7.22. The molecule has 0 heterocycles. The molecule has 0 aliphatic carbocycles. The minimum Gasteiger partial charge on any atom is -0.481 e. The molecule has 0 saturated carbocycles. The molecule has 0 aliphatic rings. The SMILES string of the molecule is CC(O)C(O)CO.CCCCCCCC/C=C\CCCCCCCC(=O)O. The Kier molecular flexibility index (Phi) is 24.2. The second-order valence-corrected chi connectivity index (χ2v) is 7.22. The monoisotopic (exact) mass is 388 g/mol. The maximum Gasteiger partial charge on any atom is 0.303 e. The third-order valence-electron chi connectivity index (χ3n) is 4.40. The fraction of sp³-hybridized carbons (Fsp3) is 0.864. The Labute approximate surface area is 166 Å². The number of aliphatic hydroxyl groups excluding tert-OH is 3. The van der Waals surface area contributed by atoms with Crippen molar-refractivity contribution in [3.8, 4) is 0 Å². The van der Waals surface area contributed by atoms with Crippen LogP contribution in [0, 0.1) is 0 Å². The van der Waals surface area contributed by atoms with E-state index in [2.05, 4.69) is 19.1 Å². The number of rotatable bonds is 17. The maximum absolute atomic E-state index is 10.3. The largest absolute Gasteiger partial charge is 0.481 e. The number of carboxylic acids is 1. The Morgan fingerprint density at radius 3 is 1.63 bits per heavy atom. The van der Waals surface area contributed by atoms with Crippen LogP contribution in [0.5, 0.6) is 0 Å². The third kappa shape index (κ3) is 27.4. The van der Waals surface area contributed by atoms with E-state index in [0.29, 0.717) is 6.42 Å². The van der Waals surface area contributed by atoms with Crippen molar-refractivity contribution in [3.63, 3.8) is 0 Å². The van der Waals surface area contributed by atoms with Crippen LogP contribution < -0.4 is 0 Å². The number of carbonyl (C=O) groups is 1. The average molecular weight is 389 g/mol. The van der Waals surface area contributed by atoms with E-state index >= 15 is 0 Å². The first kappa shape index (κ1) is 28.3. The Morgan fingerprint density at radius 1 is 0.815 bits per heavy atom. The summed E-state index contributed by atoms with van der Waals surface area (Å²) in [5.74, 6) is -0.664. The summed E-state index contributed by atoms with van der Waals surface area (Å²) in [4.78, 5) is 10.3. The number of carboxylic acid groups (broad SMARTS) is 1. The highest BCUT2D eigenvalue weighted by Gasteiger charge is 2.06. The number of aliphatic carboxylic acids is 1. The summed E-state index contributed by atoms with van der Waals surface area (Å²) < 4.78 is 0. The summed E-state index contributed by atoms with van der Waals surface area (Å²) in [6.07, 6.45) is 19.4. The topological polar surface area (TPSA) is 98.0 Å². The predicted molar refractivity (Wildman–Crippen MR) is 112 cm³/mol. The van der Waals surface area contributed by atoms with Crippen LogP contribution in [-0.4, -0.2) is 45.2 Å². The molecule has 27 heavy (non-hydrogen) atoms. The van der Waals surface area contributed by atoms with Gasteiger partial charge >= 0.3 is 5.97 Å². The number of unbranched alkanes of at least 4 members (excludes halogenated alkanes) is 11. The summed E-state index contributed by atoms with van der Waals surface area (Å²) >= 11 is 0. The normalized spacial score (nSPS) is 13.2. The molecule has 5 nitrogen and oxygen atoms in total. The van der Waals surface area contributed by atoms with Gasteiger partial charge in [0.25, 0.3) is 0 Å². The van der Waals surface area contributed by atoms with Gasteiger partial charge in [-0.25, -0.2) is 0 Å². The van der Waals surface area contributed by atoms with Crippen molar-refractivity contribution in [2.24, 2.45) is 0 Å². The molecule has 0 fully saturated rings. The van der Waals surface area contributed by atoms with E-state index < -0.39 is 18.2 Å². The molecule has 4 N–H and O–H groups in total. The molecule has 0 amide bonds. The lowest BCUT2D eigenvalue weighted by Gasteiger charge is -2.07. The van der Waals surface area contributed by atoms with Crippen LogP contribution in [0.4, 0.5) is 0 Å². The van der Waals surface area contributed by atoms with E-state index in [1.165, 1.54) is 77.6 Å². The van der Waals surface area contributed by atoms with Gasteiger partial charge in [0.2, 0.25) is 0 Å². The summed E-state index contributed by atoms with van der Waals surface area (Å²) in [5, 5.41) is 33.4. The van der Waals surface area contributed by atoms with Gasteiger partial charge in [-0.1, -0.05) is 70.4 Å². The van der Waals surface area contributed by atoms with Gasteiger partial charge in [0.15, 0.2) is 0 Å². The lowest BCUT2D eigenvalue weighted by Crippen LogP contribution is -2.25. The standard InChI is InChI=1S/C18H34O2.C4H10O3/c1-2-3-4-5-6-7-8-9-10-11-12-13-14-15-16-17-18(19)20;1-3(6)4(7)2-5/h9-10H,2-8,11-17H2,1H3,(H,19,20);3-7H,2H2,1H3/b10-9-;. The Hall–Kier alpha value is -0.910. The lowest BCUT2D eigenvalue weighted by molar-refractivity contribution is -0.137. The van der Waals surface area contributed by atoms with Crippen LogP contribution in [0.1, 0.15) is 104 Å². The van der Waals surface area contributed by atoms with Crippen LogP contribution in [0.25, 0.3) is 0 Å². The van der Waals surface area contributed by atoms with E-state index in [1.807, 2.05) is 0 Å². The van der Waals surface area contributed by atoms with Crippen molar-refractivity contribution in [2.45, 2.75) is 116 Å². The zero-order valence-electron chi connectivity index (χ0n) is 17.6. The van der Waals surface area contributed by atoms with Crippen LogP contribution in [-0.2, 0) is 4.79 Å². The number of aliphatic hydroxyl groups is 3. The molecule has 162 valence electrons. The molecule has 2 atom stereocenters. The average Bonchev–Trinajstić information content (AvgIpc) is 2.64. The number of hydrogen-bond donors (Lipinski definition) is 4. The minimum absolute atomic E-state index is 0.332. The van der Waals surface area contributed by atoms with Crippen molar-refractivity contribution in [3.05, 3.63) is 12.2 Å². The van der Waals surface area contributed by atoms with Gasteiger partial charge in [-0.15, -0.1) is 0 Å². The van der Waals surface area contributed by atoms with Gasteiger partial charge in [-0.3, -0.25) is 4.79 Å². The molecule has 5 heteroatoms. The first-order chi connectivity index (χ1) is 13.0. The quantitative estimate of drug-likeness (QED) is 0.211. The van der Waals surface area contributed by atoms with Gasteiger partial charge in [-0.2, -0.15) is 0 Å². The summed E-state index contributed by atoms with van der Waals surface area (Å²) in [6.45, 7) is 3.30. The molecule has 0 saturated heterocycles. The Bertz CT molecular complexity index is 329. The summed E-state index contributed by atoms with van der Waals surface area (Å²) in [5.41, 5.74) is 0. The summed E-state index contributed by atoms with van der Waals surface area (Å²) in [6, 6.07) is 0. The van der Waals surface area contributed by atoms with Crippen molar-refractivity contribution in [1.82, 2.24) is 0 Å². The minimum atomic E-state index is -0.986. The van der Waals surface area contributed by atoms with Crippen LogP contribution in [0.2, 0.25) is 0 Å². The zero-order valence-corrected chi connectivity index (χ0v) is 17.6. The van der Waals surface area contributed by atoms with Crippen molar-refractivity contribution < 1.29 is 25.2 Å². The molecule has 0 bridgehead atoms. The first-order valence-corrected chi connectivity index (χ1v) is 10.8. The molecule has 0 rings (SSSR count). The van der Waals surface area contributed by atoms with Crippen molar-refractivity contribution in [1.29, 1.82) is 0 Å². The molecule has 0 aliphatic heterocycles. The van der Waals surface area contributed by atoms with Gasteiger partial charge in [-0.05, 0) is 39.0 Å². The smallest absolute Gasteiger partial charge is 0.303 e. The van der Waals surface area contributed by atoms with E-state index in [4.69, 9.17) is 20.4 Å². The van der Waals surface area contributed by atoms with Crippen molar-refractivity contribution >= 4 is 5.97 Å². The fourth-order valence-corrected chi connectivity index (χ4v) is 2.50. The molecule has 0 aromatic carbocycles. The number of hydrogen-bond acceptors (Lipinski definition) is 4. The van der Waals surface area contributed by atoms with Gasteiger partial charge in [0.1, 0.15) is 6.10 Å². The summed E-state index contributed by atoms with van der Waals surface area (Å²) in [7, 11) is 0. The highest BCUT2D eigenvalue weighted by atomic mass is 16.4. The molecular formula is C22H44O5. The van der Waals surface area contributed by atoms with E-state index in [0.717, 1.165) is 12.8 Å². The van der Waals surface area contributed by atoms with E-state index in [1.54, 1.807) is 0 Å². The molecule has 0 aromatic heterocycles. The number of allylic oxidation sites excluding steroid dienone is 2. The Balaban J connectivity index is 0. The van der Waals surface area contributed by atoms with Gasteiger partial charge < -0.3 is 20.4 Å². The fourth-order valence-electron chi connectivity index (χ4n) is 2.50. The molecule has 2 unspecified atom stereocenters. The van der Waals surface area contributed by atoms with Crippen molar-refractivity contribution in [2.75, 3.05) is 6.61 Å². The highest BCUT2D eigenvalue weighted by Crippen LogP contribution is 2.09. The van der Waals surface area contributed by atoms with Crippen LogP contribution >= 0.6 is 0 Å². The lowest BCUT2D eigenvalue weighted by atomic mass is 10.1. The van der Waals surface area contributed by atoms with Gasteiger partial charge in [0.05, 0.1) is 12.7 Å². The van der Waals surface area contributed by atoms with E-state index in [-0.39, 0.29) is 6.61 Å². The predicted octanol–water partition coefficient (Wildman–Crippen LogP) is 4.83. The maximum atomic E-state index is 10.3. The molecule has 0 spiro atoms. The zero-order chi connectivity index (χ0) is 20.8. The van der Waals surface area contributed by atoms with Crippen LogP contribution in [0.15, 0.2) is 12.2 Å². The molecule has 0 aromatic rings. The molecular weight excluding hydrogens is 344 g/mol. The van der Waals surface area contributed by atoms with Crippen LogP contribution in [0.3, 0.4) is 0 Å².